The van der Waals surface area contributed by atoms with Crippen LogP contribution in [0, 0.1) is 0 Å². The van der Waals surface area contributed by atoms with Gasteiger partial charge in [-0.25, -0.2) is 13.2 Å². The molecule has 158 valence electrons. The third-order valence-electron chi connectivity index (χ3n) is 5.20. The van der Waals surface area contributed by atoms with E-state index in [1.807, 2.05) is 0 Å². The zero-order chi connectivity index (χ0) is 21.5. The van der Waals surface area contributed by atoms with Crippen molar-refractivity contribution in [1.82, 2.24) is 13.4 Å². The van der Waals surface area contributed by atoms with E-state index in [2.05, 4.69) is 0 Å². The molecule has 8 nitrogen and oxygen atoms in total. The van der Waals surface area contributed by atoms with E-state index in [1.165, 1.54) is 54.1 Å². The highest BCUT2D eigenvalue weighted by Crippen LogP contribution is 2.24. The number of aromatic nitrogens is 2. The second-order valence-electron chi connectivity index (χ2n) is 7.03. The highest BCUT2D eigenvalue weighted by Gasteiger charge is 2.27. The molecule has 4 rings (SSSR count). The van der Waals surface area contributed by atoms with Gasteiger partial charge in [0, 0.05) is 18.1 Å². The standard InChI is InChI=1S/C20H20ClN3O5S/c1-29-15-5-7-16(8-6-15)30(27,28)24-17-9-4-14(21)12-18(17)23(20(24)26)13-19(25)22-10-2-3-11-22/h4-9,12H,2-3,10-11,13H2,1H3. The Hall–Kier alpha value is -2.78. The molecule has 0 spiro atoms. The molecule has 0 saturated carbocycles. The number of carbonyl (C=O) groups is 1. The maximum atomic E-state index is 13.3. The second kappa shape index (κ2) is 7.81. The number of rotatable bonds is 5. The minimum Gasteiger partial charge on any atom is -0.497 e. The van der Waals surface area contributed by atoms with Gasteiger partial charge < -0.3 is 9.64 Å². The highest BCUT2D eigenvalue weighted by atomic mass is 35.5. The number of benzene rings is 2. The van der Waals surface area contributed by atoms with Crippen LogP contribution in [0.1, 0.15) is 12.8 Å². The van der Waals surface area contributed by atoms with E-state index in [1.54, 1.807) is 4.90 Å². The lowest BCUT2D eigenvalue weighted by Crippen LogP contribution is -2.36. The van der Waals surface area contributed by atoms with Crippen LogP contribution in [0.5, 0.6) is 5.75 Å². The lowest BCUT2D eigenvalue weighted by Gasteiger charge is -2.15. The van der Waals surface area contributed by atoms with Crippen LogP contribution < -0.4 is 10.4 Å². The smallest absolute Gasteiger partial charge is 0.343 e. The fourth-order valence-electron chi connectivity index (χ4n) is 3.64. The van der Waals surface area contributed by atoms with Crippen molar-refractivity contribution < 1.29 is 17.9 Å². The van der Waals surface area contributed by atoms with Gasteiger partial charge in [-0.3, -0.25) is 9.36 Å². The first-order valence-electron chi connectivity index (χ1n) is 9.41. The van der Waals surface area contributed by atoms with Crippen LogP contribution >= 0.6 is 11.6 Å². The summed E-state index contributed by atoms with van der Waals surface area (Å²) in [5, 5.41) is 0.337. The van der Waals surface area contributed by atoms with Crippen molar-refractivity contribution in [2.75, 3.05) is 20.2 Å². The Morgan fingerprint density at radius 1 is 1.07 bits per heavy atom. The minimum atomic E-state index is -4.21. The first-order chi connectivity index (χ1) is 14.3. The van der Waals surface area contributed by atoms with Gasteiger partial charge in [0.05, 0.1) is 23.0 Å². The maximum absolute atomic E-state index is 13.3. The molecule has 1 aliphatic rings. The number of carbonyl (C=O) groups excluding carboxylic acids is 1. The number of fused-ring (bicyclic) bond motifs is 1. The van der Waals surface area contributed by atoms with E-state index in [0.717, 1.165) is 16.8 Å². The van der Waals surface area contributed by atoms with Gasteiger partial charge >= 0.3 is 5.69 Å². The number of ether oxygens (including phenoxy) is 1. The van der Waals surface area contributed by atoms with E-state index < -0.39 is 15.7 Å². The zero-order valence-corrected chi connectivity index (χ0v) is 17.8. The van der Waals surface area contributed by atoms with Gasteiger partial charge in [-0.1, -0.05) is 11.6 Å². The van der Waals surface area contributed by atoms with Gasteiger partial charge in [0.1, 0.15) is 12.3 Å². The fourth-order valence-corrected chi connectivity index (χ4v) is 5.21. The van der Waals surface area contributed by atoms with Gasteiger partial charge in [-0.15, -0.1) is 0 Å². The number of halogens is 1. The van der Waals surface area contributed by atoms with E-state index in [4.69, 9.17) is 16.3 Å². The molecule has 1 aliphatic heterocycles. The first kappa shape index (κ1) is 20.5. The van der Waals surface area contributed by atoms with Crippen LogP contribution in [-0.2, 0) is 21.4 Å². The molecule has 1 fully saturated rings. The number of methoxy groups -OCH3 is 1. The van der Waals surface area contributed by atoms with Crippen LogP contribution in [0.2, 0.25) is 5.02 Å². The lowest BCUT2D eigenvalue weighted by molar-refractivity contribution is -0.130. The molecule has 0 atom stereocenters. The Balaban J connectivity index is 1.86. The molecule has 2 heterocycles. The number of imidazole rings is 1. The first-order valence-corrected chi connectivity index (χ1v) is 11.2. The van der Waals surface area contributed by atoms with Gasteiger partial charge in [0.25, 0.3) is 10.0 Å². The van der Waals surface area contributed by atoms with Crippen LogP contribution in [0.4, 0.5) is 0 Å². The SMILES string of the molecule is COc1ccc(S(=O)(=O)n2c(=O)n(CC(=O)N3CCCC3)c3cc(Cl)ccc32)cc1. The van der Waals surface area contributed by atoms with Crippen molar-refractivity contribution in [3.8, 4) is 5.75 Å². The molecule has 0 unspecified atom stereocenters. The third kappa shape index (κ3) is 3.48. The molecule has 0 aliphatic carbocycles. The topological polar surface area (TPSA) is 90.6 Å². The molecular weight excluding hydrogens is 430 g/mol. The number of hydrogen-bond donors (Lipinski definition) is 0. The molecule has 1 aromatic heterocycles. The monoisotopic (exact) mass is 449 g/mol. The van der Waals surface area contributed by atoms with E-state index in [9.17, 15) is 18.0 Å². The molecule has 0 N–H and O–H groups in total. The number of likely N-dealkylation sites (tertiary alicyclic amines) is 1. The van der Waals surface area contributed by atoms with Crippen molar-refractivity contribution in [2.45, 2.75) is 24.3 Å². The largest absolute Gasteiger partial charge is 0.497 e. The lowest BCUT2D eigenvalue weighted by atomic mass is 10.3. The highest BCUT2D eigenvalue weighted by molar-refractivity contribution is 7.90. The van der Waals surface area contributed by atoms with E-state index in [-0.39, 0.29) is 28.4 Å². The molecule has 0 bridgehead atoms. The summed E-state index contributed by atoms with van der Waals surface area (Å²) in [5.41, 5.74) is -0.359. The van der Waals surface area contributed by atoms with E-state index >= 15 is 0 Å². The van der Waals surface area contributed by atoms with Crippen LogP contribution in [-0.4, -0.2) is 48.0 Å². The molecule has 2 aromatic carbocycles. The molecule has 30 heavy (non-hydrogen) atoms. The molecule has 1 amide bonds. The minimum absolute atomic E-state index is 0.0646. The van der Waals surface area contributed by atoms with Crippen molar-refractivity contribution in [3.63, 3.8) is 0 Å². The summed E-state index contributed by atoms with van der Waals surface area (Å²) in [6.07, 6.45) is 1.83. The number of hydrogen-bond acceptors (Lipinski definition) is 5. The zero-order valence-electron chi connectivity index (χ0n) is 16.2. The summed E-state index contributed by atoms with van der Waals surface area (Å²) >= 11 is 6.10. The summed E-state index contributed by atoms with van der Waals surface area (Å²) in [5.74, 6) is 0.266. The maximum Gasteiger partial charge on any atom is 0.343 e. The van der Waals surface area contributed by atoms with E-state index in [0.29, 0.717) is 23.9 Å². The second-order valence-corrected chi connectivity index (χ2v) is 9.26. The van der Waals surface area contributed by atoms with Gasteiger partial charge in [-0.2, -0.15) is 3.97 Å². The summed E-state index contributed by atoms with van der Waals surface area (Å²) in [4.78, 5) is 27.5. The summed E-state index contributed by atoms with van der Waals surface area (Å²) in [6.45, 7) is 1.02. The van der Waals surface area contributed by atoms with Crippen LogP contribution in [0.3, 0.4) is 0 Å². The van der Waals surface area contributed by atoms with Crippen molar-refractivity contribution in [1.29, 1.82) is 0 Å². The Morgan fingerprint density at radius 3 is 2.37 bits per heavy atom. The predicted octanol–water partition coefficient (Wildman–Crippen LogP) is 2.32. The Labute approximate surface area is 178 Å². The van der Waals surface area contributed by atoms with Gasteiger partial charge in [-0.05, 0) is 55.3 Å². The number of nitrogens with zero attached hydrogens (tertiary/aromatic N) is 3. The average Bonchev–Trinajstić information content (AvgIpc) is 3.36. The number of amides is 1. The quantitative estimate of drug-likeness (QED) is 0.596. The fraction of sp³-hybridized carbons (Fsp3) is 0.300. The van der Waals surface area contributed by atoms with Gasteiger partial charge in [0.15, 0.2) is 0 Å². The Bertz CT molecular complexity index is 1270. The average molecular weight is 450 g/mol. The van der Waals surface area contributed by atoms with Crippen molar-refractivity contribution >= 4 is 38.6 Å². The molecule has 10 heteroatoms. The predicted molar refractivity (Wildman–Crippen MR) is 113 cm³/mol. The normalized spacial score (nSPS) is 14.4. The van der Waals surface area contributed by atoms with Gasteiger partial charge in [0.2, 0.25) is 5.91 Å². The Morgan fingerprint density at radius 2 is 1.73 bits per heavy atom. The molecule has 3 aromatic rings. The molecule has 1 saturated heterocycles. The molecule has 0 radical (unpaired) electrons. The molecular formula is C20H20ClN3O5S. The van der Waals surface area contributed by atoms with Crippen LogP contribution in [0.25, 0.3) is 11.0 Å². The summed E-state index contributed by atoms with van der Waals surface area (Å²) in [6, 6.07) is 10.2. The Kier molecular flexibility index (Phi) is 5.33. The third-order valence-corrected chi connectivity index (χ3v) is 7.14. The van der Waals surface area contributed by atoms with Crippen molar-refractivity contribution in [2.24, 2.45) is 0 Å². The van der Waals surface area contributed by atoms with Crippen LogP contribution in [0.15, 0.2) is 52.2 Å². The summed E-state index contributed by atoms with van der Waals surface area (Å²) in [7, 11) is -2.73. The summed E-state index contributed by atoms with van der Waals surface area (Å²) < 4.78 is 33.5. The van der Waals surface area contributed by atoms with Crippen molar-refractivity contribution in [3.05, 3.63) is 58.0 Å².